The molecule has 1 aromatic heterocycles. The van der Waals surface area contributed by atoms with Crippen LogP contribution in [-0.4, -0.2) is 18.5 Å². The number of ether oxygens (including phenoxy) is 1. The molecule has 6 heteroatoms. The van der Waals surface area contributed by atoms with Crippen molar-refractivity contribution in [3.8, 4) is 0 Å². The van der Waals surface area contributed by atoms with Crippen molar-refractivity contribution in [2.45, 2.75) is 32.2 Å². The molecule has 1 heterocycles. The van der Waals surface area contributed by atoms with Gasteiger partial charge >= 0.3 is 11.9 Å². The van der Waals surface area contributed by atoms with E-state index in [0.29, 0.717) is 12.2 Å². The molecule has 0 spiro atoms. The first-order valence-corrected chi connectivity index (χ1v) is 5.32. The lowest BCUT2D eigenvalue weighted by molar-refractivity contribution is -0.175. The van der Waals surface area contributed by atoms with Crippen LogP contribution in [0.5, 0.6) is 0 Å². The normalized spacial score (nSPS) is 13.5. The summed E-state index contributed by atoms with van der Waals surface area (Å²) in [6.07, 6.45) is 0.567. The highest BCUT2D eigenvalue weighted by molar-refractivity contribution is 5.78. The zero-order chi connectivity index (χ0) is 13.1. The summed E-state index contributed by atoms with van der Waals surface area (Å²) in [5.74, 6) is -5.02. The number of aryl methyl sites for hydroxylation is 1. The van der Waals surface area contributed by atoms with E-state index in [2.05, 4.69) is 4.74 Å². The molecule has 0 radical (unpaired) electrons. The molecule has 17 heavy (non-hydrogen) atoms. The Labute approximate surface area is 97.7 Å². The van der Waals surface area contributed by atoms with Gasteiger partial charge in [-0.25, -0.2) is 4.79 Å². The van der Waals surface area contributed by atoms with Gasteiger partial charge in [0.25, 0.3) is 0 Å². The van der Waals surface area contributed by atoms with Crippen LogP contribution in [0.1, 0.15) is 31.4 Å². The third-order valence-electron chi connectivity index (χ3n) is 2.28. The summed E-state index contributed by atoms with van der Waals surface area (Å²) in [7, 11) is 0. The van der Waals surface area contributed by atoms with Crippen molar-refractivity contribution in [2.75, 3.05) is 6.61 Å². The van der Waals surface area contributed by atoms with E-state index in [4.69, 9.17) is 10.2 Å². The highest BCUT2D eigenvalue weighted by Crippen LogP contribution is 2.31. The Bertz CT molecular complexity index is 390. The van der Waals surface area contributed by atoms with Gasteiger partial charge in [0.1, 0.15) is 17.6 Å². The Balaban J connectivity index is 2.87. The van der Waals surface area contributed by atoms with E-state index in [1.165, 1.54) is 13.0 Å². The number of carbonyl (C=O) groups excluding carboxylic acids is 1. The lowest BCUT2D eigenvalue weighted by Gasteiger charge is -2.19. The molecule has 1 aromatic rings. The number of carbonyl (C=O) groups is 1. The Morgan fingerprint density at radius 1 is 1.53 bits per heavy atom. The quantitative estimate of drug-likeness (QED) is 0.808. The maximum Gasteiger partial charge on any atom is 0.379 e. The van der Waals surface area contributed by atoms with Crippen molar-refractivity contribution >= 4 is 5.97 Å². The molecule has 4 nitrogen and oxygen atoms in total. The van der Waals surface area contributed by atoms with Crippen LogP contribution in [0.3, 0.4) is 0 Å². The van der Waals surface area contributed by atoms with Crippen LogP contribution >= 0.6 is 0 Å². The Hall–Kier alpha value is -1.43. The van der Waals surface area contributed by atoms with Crippen molar-refractivity contribution in [1.82, 2.24) is 0 Å². The average Bonchev–Trinajstić information content (AvgIpc) is 2.76. The van der Waals surface area contributed by atoms with Gasteiger partial charge in [-0.15, -0.1) is 0 Å². The average molecular weight is 247 g/mol. The van der Waals surface area contributed by atoms with Crippen molar-refractivity contribution in [1.29, 1.82) is 0 Å². The fourth-order valence-electron chi connectivity index (χ4n) is 1.28. The van der Waals surface area contributed by atoms with Gasteiger partial charge in [-0.1, -0.05) is 6.92 Å². The third kappa shape index (κ3) is 2.82. The monoisotopic (exact) mass is 247 g/mol. The number of hydrogen-bond acceptors (Lipinski definition) is 4. The largest absolute Gasteiger partial charge is 0.464 e. The van der Waals surface area contributed by atoms with Crippen molar-refractivity contribution < 1.29 is 22.7 Å². The van der Waals surface area contributed by atoms with Crippen LogP contribution < -0.4 is 5.73 Å². The smallest absolute Gasteiger partial charge is 0.379 e. The molecule has 96 valence electrons. The fourth-order valence-corrected chi connectivity index (χ4v) is 1.28. The Kier molecular flexibility index (Phi) is 4.22. The van der Waals surface area contributed by atoms with Crippen LogP contribution in [0, 0.1) is 0 Å². The van der Waals surface area contributed by atoms with Gasteiger partial charge < -0.3 is 14.9 Å². The molecule has 1 rings (SSSR count). The number of furan rings is 1. The first kappa shape index (κ1) is 13.6. The van der Waals surface area contributed by atoms with E-state index in [0.717, 1.165) is 0 Å². The lowest BCUT2D eigenvalue weighted by atomic mass is 10.1. The van der Waals surface area contributed by atoms with Crippen molar-refractivity contribution in [3.63, 3.8) is 0 Å². The zero-order valence-corrected chi connectivity index (χ0v) is 9.70. The molecule has 1 atom stereocenters. The van der Waals surface area contributed by atoms with E-state index < -0.39 is 17.9 Å². The zero-order valence-electron chi connectivity index (χ0n) is 9.70. The number of alkyl halides is 2. The van der Waals surface area contributed by atoms with Gasteiger partial charge in [0, 0.05) is 6.42 Å². The lowest BCUT2D eigenvalue weighted by Crippen LogP contribution is -2.41. The van der Waals surface area contributed by atoms with Gasteiger partial charge in [0.05, 0.1) is 6.61 Å². The van der Waals surface area contributed by atoms with E-state index >= 15 is 0 Å². The second kappa shape index (κ2) is 5.27. The van der Waals surface area contributed by atoms with Gasteiger partial charge in [-0.2, -0.15) is 8.78 Å². The molecule has 2 N–H and O–H groups in total. The summed E-state index contributed by atoms with van der Waals surface area (Å²) in [6, 6.07) is 1.06. The summed E-state index contributed by atoms with van der Waals surface area (Å²) < 4.78 is 36.4. The number of rotatable bonds is 5. The second-order valence-corrected chi connectivity index (χ2v) is 3.48. The number of nitrogens with two attached hydrogens (primary N) is 1. The van der Waals surface area contributed by atoms with Crippen LogP contribution in [0.4, 0.5) is 8.78 Å². The molecule has 0 amide bonds. The predicted molar refractivity (Wildman–Crippen MR) is 56.6 cm³/mol. The highest BCUT2D eigenvalue weighted by atomic mass is 19.3. The van der Waals surface area contributed by atoms with Gasteiger partial charge in [0.2, 0.25) is 0 Å². The predicted octanol–water partition coefficient (Wildman–Crippen LogP) is 2.04. The minimum atomic E-state index is -3.79. The number of halogens is 2. The first-order chi connectivity index (χ1) is 7.93. The summed E-state index contributed by atoms with van der Waals surface area (Å²) in [5.41, 5.74) is 5.33. The molecule has 0 unspecified atom stereocenters. The van der Waals surface area contributed by atoms with Crippen molar-refractivity contribution in [3.05, 3.63) is 23.7 Å². The Morgan fingerprint density at radius 3 is 2.65 bits per heavy atom. The fraction of sp³-hybridized carbons (Fsp3) is 0.545. The van der Waals surface area contributed by atoms with E-state index in [-0.39, 0.29) is 12.4 Å². The van der Waals surface area contributed by atoms with E-state index in [1.54, 1.807) is 6.07 Å². The second-order valence-electron chi connectivity index (χ2n) is 3.48. The molecule has 0 aromatic carbocycles. The molecule has 0 aliphatic carbocycles. The molecule has 0 aliphatic heterocycles. The van der Waals surface area contributed by atoms with E-state index in [1.807, 2.05) is 6.92 Å². The van der Waals surface area contributed by atoms with E-state index in [9.17, 15) is 13.6 Å². The van der Waals surface area contributed by atoms with Crippen LogP contribution in [0.2, 0.25) is 0 Å². The topological polar surface area (TPSA) is 65.5 Å². The van der Waals surface area contributed by atoms with Crippen LogP contribution in [-0.2, 0) is 16.0 Å². The molecular weight excluding hydrogens is 232 g/mol. The Morgan fingerprint density at radius 2 is 2.18 bits per heavy atom. The molecule has 0 saturated heterocycles. The van der Waals surface area contributed by atoms with Crippen LogP contribution in [0.15, 0.2) is 16.5 Å². The first-order valence-electron chi connectivity index (χ1n) is 5.32. The number of hydrogen-bond donors (Lipinski definition) is 1. The maximum absolute atomic E-state index is 13.5. The van der Waals surface area contributed by atoms with Crippen molar-refractivity contribution in [2.24, 2.45) is 5.73 Å². The highest BCUT2D eigenvalue weighted by Gasteiger charge is 2.49. The SMILES string of the molecule is CCOC(=O)C(F)(F)[C@@H](N)c1ccc(CC)o1. The molecular formula is C11H15F2NO3. The number of esters is 1. The summed E-state index contributed by atoms with van der Waals surface area (Å²) in [6.45, 7) is 3.14. The minimum absolute atomic E-state index is 0.125. The summed E-state index contributed by atoms with van der Waals surface area (Å²) >= 11 is 0. The molecule has 0 bridgehead atoms. The summed E-state index contributed by atoms with van der Waals surface area (Å²) in [5, 5.41) is 0. The maximum atomic E-state index is 13.5. The molecule has 0 fully saturated rings. The molecule has 0 saturated carbocycles. The van der Waals surface area contributed by atoms with Gasteiger partial charge in [0.15, 0.2) is 0 Å². The van der Waals surface area contributed by atoms with Crippen LogP contribution in [0.25, 0.3) is 0 Å². The van der Waals surface area contributed by atoms with Gasteiger partial charge in [-0.3, -0.25) is 0 Å². The standard InChI is InChI=1S/C11H15F2NO3/c1-3-7-5-6-8(17-7)9(14)11(12,13)10(15)16-4-2/h5-6,9H,3-4,14H2,1-2H3/t9-/m0/s1. The molecule has 0 aliphatic rings. The summed E-state index contributed by atoms with van der Waals surface area (Å²) in [4.78, 5) is 11.1. The minimum Gasteiger partial charge on any atom is -0.464 e. The van der Waals surface area contributed by atoms with Gasteiger partial charge in [-0.05, 0) is 19.1 Å². The third-order valence-corrected chi connectivity index (χ3v) is 2.28.